The first kappa shape index (κ1) is 15.6. The largest absolute Gasteiger partial charge is 0.382 e. The Morgan fingerprint density at radius 2 is 1.79 bits per heavy atom. The van der Waals surface area contributed by atoms with Gasteiger partial charge in [0.25, 0.3) is 0 Å². The van der Waals surface area contributed by atoms with E-state index in [0.29, 0.717) is 5.56 Å². The maximum atomic E-state index is 12.6. The molecule has 0 fully saturated rings. The van der Waals surface area contributed by atoms with Crippen molar-refractivity contribution >= 4 is 15.9 Å². The number of hydrogen-bond acceptors (Lipinski definition) is 4. The van der Waals surface area contributed by atoms with Crippen molar-refractivity contribution in [3.63, 3.8) is 0 Å². The summed E-state index contributed by atoms with van der Waals surface area (Å²) in [6, 6.07) is 5.76. The third-order valence-electron chi connectivity index (χ3n) is 2.41. The summed E-state index contributed by atoms with van der Waals surface area (Å²) in [6.07, 6.45) is 0. The van der Waals surface area contributed by atoms with Crippen LogP contribution < -0.4 is 4.18 Å². The molecular formula is C13H17FO4S. The number of Topliss-reactive ketones (excluding diaryl/α,β-unsaturated/α-hetero) is 1. The average molecular weight is 288 g/mol. The Morgan fingerprint density at radius 3 is 2.21 bits per heavy atom. The molecule has 0 aliphatic rings. The number of rotatable bonds is 6. The molecule has 0 aliphatic carbocycles. The minimum atomic E-state index is -3.86. The van der Waals surface area contributed by atoms with Crippen LogP contribution in [0.5, 0.6) is 5.75 Å². The highest BCUT2D eigenvalue weighted by Gasteiger charge is 2.27. The van der Waals surface area contributed by atoms with Crippen LogP contribution in [0.2, 0.25) is 0 Å². The molecule has 0 atom stereocenters. The SMILES string of the molecule is CC(=O)c1ccc(OS(=O)(=O)CC(C)(C)CF)cc1. The Kier molecular flexibility index (Phi) is 4.68. The minimum absolute atomic E-state index is 0.111. The molecular weight excluding hydrogens is 271 g/mol. The highest BCUT2D eigenvalue weighted by Crippen LogP contribution is 2.21. The zero-order chi connectivity index (χ0) is 14.7. The van der Waals surface area contributed by atoms with Gasteiger partial charge in [-0.1, -0.05) is 13.8 Å². The molecule has 0 spiro atoms. The second-order valence-corrected chi connectivity index (χ2v) is 6.73. The standard InChI is InChI=1S/C13H17FO4S/c1-10(15)11-4-6-12(7-5-11)18-19(16,17)9-13(2,3)8-14/h4-7H,8-9H2,1-3H3. The zero-order valence-corrected chi connectivity index (χ0v) is 12.0. The van der Waals surface area contributed by atoms with Crippen molar-refractivity contribution in [1.82, 2.24) is 0 Å². The van der Waals surface area contributed by atoms with Crippen molar-refractivity contribution in [2.45, 2.75) is 20.8 Å². The molecule has 0 saturated heterocycles. The van der Waals surface area contributed by atoms with E-state index in [-0.39, 0.29) is 11.5 Å². The van der Waals surface area contributed by atoms with Gasteiger partial charge in [0.05, 0.1) is 12.4 Å². The summed E-state index contributed by atoms with van der Waals surface area (Å²) in [5.74, 6) is -0.419. The molecule has 1 aromatic carbocycles. The predicted octanol–water partition coefficient (Wildman–Crippen LogP) is 2.59. The molecule has 0 heterocycles. The number of ketones is 1. The second-order valence-electron chi connectivity index (χ2n) is 5.16. The molecule has 0 bridgehead atoms. The van der Waals surface area contributed by atoms with Crippen LogP contribution in [0, 0.1) is 5.41 Å². The second kappa shape index (κ2) is 5.69. The van der Waals surface area contributed by atoms with E-state index in [0.717, 1.165) is 0 Å². The average Bonchev–Trinajstić information content (AvgIpc) is 2.27. The molecule has 0 radical (unpaired) electrons. The molecule has 19 heavy (non-hydrogen) atoms. The third-order valence-corrected chi connectivity index (χ3v) is 3.99. The van der Waals surface area contributed by atoms with Gasteiger partial charge in [-0.05, 0) is 31.2 Å². The van der Waals surface area contributed by atoms with Gasteiger partial charge in [0.15, 0.2) is 5.78 Å². The smallest absolute Gasteiger partial charge is 0.309 e. The van der Waals surface area contributed by atoms with Crippen LogP contribution in [0.15, 0.2) is 24.3 Å². The highest BCUT2D eigenvalue weighted by atomic mass is 32.2. The van der Waals surface area contributed by atoms with Crippen LogP contribution in [0.25, 0.3) is 0 Å². The summed E-state index contributed by atoms with van der Waals surface area (Å²) in [4.78, 5) is 11.1. The molecule has 0 amide bonds. The number of alkyl halides is 1. The van der Waals surface area contributed by atoms with Gasteiger partial charge >= 0.3 is 10.1 Å². The Labute approximate surface area is 112 Å². The Hall–Kier alpha value is -1.43. The van der Waals surface area contributed by atoms with Crippen LogP contribution in [0.3, 0.4) is 0 Å². The number of benzene rings is 1. The molecule has 4 nitrogen and oxygen atoms in total. The lowest BCUT2D eigenvalue weighted by atomic mass is 9.99. The fourth-order valence-electron chi connectivity index (χ4n) is 1.44. The van der Waals surface area contributed by atoms with Crippen molar-refractivity contribution < 1.29 is 21.8 Å². The fourth-order valence-corrected chi connectivity index (χ4v) is 2.94. The van der Waals surface area contributed by atoms with Crippen molar-refractivity contribution in [1.29, 1.82) is 0 Å². The summed E-state index contributed by atoms with van der Waals surface area (Å²) in [6.45, 7) is 3.68. The molecule has 0 aliphatic heterocycles. The van der Waals surface area contributed by atoms with E-state index in [4.69, 9.17) is 4.18 Å². The summed E-state index contributed by atoms with van der Waals surface area (Å²) >= 11 is 0. The predicted molar refractivity (Wildman–Crippen MR) is 70.6 cm³/mol. The minimum Gasteiger partial charge on any atom is -0.382 e. The van der Waals surface area contributed by atoms with Gasteiger partial charge in [-0.2, -0.15) is 8.42 Å². The molecule has 106 valence electrons. The summed E-state index contributed by atoms with van der Waals surface area (Å²) in [5, 5.41) is 0. The Balaban J connectivity index is 2.81. The van der Waals surface area contributed by atoms with E-state index in [2.05, 4.69) is 0 Å². The van der Waals surface area contributed by atoms with E-state index < -0.39 is 28.0 Å². The van der Waals surface area contributed by atoms with Gasteiger partial charge in [-0.3, -0.25) is 9.18 Å². The highest BCUT2D eigenvalue weighted by molar-refractivity contribution is 7.87. The molecule has 0 N–H and O–H groups in total. The Morgan fingerprint density at radius 1 is 1.26 bits per heavy atom. The van der Waals surface area contributed by atoms with Crippen molar-refractivity contribution in [2.24, 2.45) is 5.41 Å². The number of carbonyl (C=O) groups is 1. The van der Waals surface area contributed by atoms with E-state index >= 15 is 0 Å². The van der Waals surface area contributed by atoms with Crippen molar-refractivity contribution in [2.75, 3.05) is 12.4 Å². The number of hydrogen-bond donors (Lipinski definition) is 0. The topological polar surface area (TPSA) is 60.4 Å². The van der Waals surface area contributed by atoms with E-state index in [9.17, 15) is 17.6 Å². The van der Waals surface area contributed by atoms with Crippen molar-refractivity contribution in [3.05, 3.63) is 29.8 Å². The lowest BCUT2D eigenvalue weighted by Crippen LogP contribution is -2.28. The quantitative estimate of drug-likeness (QED) is 0.596. The first-order valence-electron chi connectivity index (χ1n) is 5.74. The van der Waals surface area contributed by atoms with Gasteiger partial charge < -0.3 is 4.18 Å². The molecule has 1 rings (SSSR count). The normalized spacial score (nSPS) is 12.2. The number of halogens is 1. The summed E-state index contributed by atoms with van der Waals surface area (Å²) in [5.41, 5.74) is -0.521. The first-order valence-corrected chi connectivity index (χ1v) is 7.32. The van der Waals surface area contributed by atoms with E-state index in [1.54, 1.807) is 0 Å². The molecule has 0 aromatic heterocycles. The number of carbonyl (C=O) groups excluding carboxylic acids is 1. The summed E-state index contributed by atoms with van der Waals surface area (Å²) in [7, 11) is -3.86. The zero-order valence-electron chi connectivity index (χ0n) is 11.1. The van der Waals surface area contributed by atoms with E-state index in [1.165, 1.54) is 45.0 Å². The molecule has 0 saturated carbocycles. The lowest BCUT2D eigenvalue weighted by molar-refractivity contribution is 0.101. The fraction of sp³-hybridized carbons (Fsp3) is 0.462. The van der Waals surface area contributed by atoms with Crippen LogP contribution in [0.1, 0.15) is 31.1 Å². The molecule has 0 unspecified atom stereocenters. The molecule has 6 heteroatoms. The lowest BCUT2D eigenvalue weighted by Gasteiger charge is -2.19. The van der Waals surface area contributed by atoms with Gasteiger partial charge in [0.1, 0.15) is 5.75 Å². The maximum absolute atomic E-state index is 12.6. The van der Waals surface area contributed by atoms with Crippen LogP contribution >= 0.6 is 0 Å². The Bertz CT molecular complexity index is 547. The van der Waals surface area contributed by atoms with Crippen molar-refractivity contribution in [3.8, 4) is 5.75 Å². The van der Waals surface area contributed by atoms with E-state index in [1.807, 2.05) is 0 Å². The van der Waals surface area contributed by atoms with Crippen LogP contribution in [0.4, 0.5) is 4.39 Å². The van der Waals surface area contributed by atoms with Gasteiger partial charge in [0, 0.05) is 11.0 Å². The first-order chi connectivity index (χ1) is 8.65. The third kappa shape index (κ3) is 4.98. The van der Waals surface area contributed by atoms with Crippen LogP contribution in [-0.4, -0.2) is 26.6 Å². The maximum Gasteiger partial charge on any atom is 0.309 e. The van der Waals surface area contributed by atoms with Gasteiger partial charge in [-0.25, -0.2) is 0 Å². The van der Waals surface area contributed by atoms with Crippen LogP contribution in [-0.2, 0) is 10.1 Å². The monoisotopic (exact) mass is 288 g/mol. The van der Waals surface area contributed by atoms with Gasteiger partial charge in [0.2, 0.25) is 0 Å². The molecule has 1 aromatic rings. The van der Waals surface area contributed by atoms with Gasteiger partial charge in [-0.15, -0.1) is 0 Å². The summed E-state index contributed by atoms with van der Waals surface area (Å²) < 4.78 is 41.0.